The van der Waals surface area contributed by atoms with Crippen LogP contribution in [-0.2, 0) is 4.74 Å². The Hall–Kier alpha value is -2.16. The van der Waals surface area contributed by atoms with Crippen LogP contribution in [0.15, 0.2) is 40.5 Å². The predicted octanol–water partition coefficient (Wildman–Crippen LogP) is 4.83. The fourth-order valence-corrected chi connectivity index (χ4v) is 6.25. The Kier molecular flexibility index (Phi) is 5.76. The molecule has 3 aliphatic rings. The molecule has 9 heteroatoms. The maximum absolute atomic E-state index is 6.71. The molecule has 6 rings (SSSR count). The molecular formula is C24H27ClN6OS. The summed E-state index contributed by atoms with van der Waals surface area (Å²) < 4.78 is 5.66. The summed E-state index contributed by atoms with van der Waals surface area (Å²) in [4.78, 5) is 24.3. The van der Waals surface area contributed by atoms with Crippen LogP contribution in [0.4, 0.5) is 11.6 Å². The molecule has 0 aromatic carbocycles. The number of piperidine rings is 1. The highest BCUT2D eigenvalue weighted by Gasteiger charge is 2.38. The summed E-state index contributed by atoms with van der Waals surface area (Å²) in [6.07, 6.45) is 9.58. The molecule has 33 heavy (non-hydrogen) atoms. The molecule has 0 atom stereocenters. The van der Waals surface area contributed by atoms with Crippen molar-refractivity contribution in [3.63, 3.8) is 0 Å². The first-order chi connectivity index (χ1) is 16.2. The van der Waals surface area contributed by atoms with E-state index in [4.69, 9.17) is 26.3 Å². The van der Waals surface area contributed by atoms with Crippen LogP contribution in [0.3, 0.4) is 0 Å². The van der Waals surface area contributed by atoms with Gasteiger partial charge in [-0.25, -0.2) is 19.9 Å². The highest BCUT2D eigenvalue weighted by atomic mass is 35.5. The van der Waals surface area contributed by atoms with Crippen molar-refractivity contribution >= 4 is 46.2 Å². The van der Waals surface area contributed by atoms with E-state index in [9.17, 15) is 0 Å². The van der Waals surface area contributed by atoms with Crippen molar-refractivity contribution in [2.75, 3.05) is 49.2 Å². The minimum atomic E-state index is 0.386. The molecule has 3 aromatic heterocycles. The smallest absolute Gasteiger partial charge is 0.179 e. The van der Waals surface area contributed by atoms with Crippen LogP contribution in [0.5, 0.6) is 0 Å². The van der Waals surface area contributed by atoms with Gasteiger partial charge in [0.2, 0.25) is 0 Å². The van der Waals surface area contributed by atoms with Crippen LogP contribution in [-0.4, -0.2) is 59.3 Å². The highest BCUT2D eigenvalue weighted by Crippen LogP contribution is 2.40. The molecule has 0 N–H and O–H groups in total. The molecule has 0 saturated carbocycles. The fraction of sp³-hybridized carbons (Fsp3) is 0.500. The van der Waals surface area contributed by atoms with Crippen molar-refractivity contribution in [2.45, 2.75) is 42.0 Å². The topological polar surface area (TPSA) is 67.3 Å². The molecule has 3 aliphatic heterocycles. The zero-order chi connectivity index (χ0) is 22.3. The quantitative estimate of drug-likeness (QED) is 0.523. The predicted molar refractivity (Wildman–Crippen MR) is 131 cm³/mol. The second-order valence-corrected chi connectivity index (χ2v) is 10.7. The number of nitrogens with zero attached hydrogens (tertiary/aromatic N) is 6. The molecule has 0 unspecified atom stereocenters. The lowest BCUT2D eigenvalue weighted by atomic mass is 9.78. The fourth-order valence-electron chi connectivity index (χ4n) is 5.10. The summed E-state index contributed by atoms with van der Waals surface area (Å²) in [6.45, 7) is 5.86. The minimum Gasteiger partial charge on any atom is -0.381 e. The Bertz CT molecular complexity index is 1150. The lowest BCUT2D eigenvalue weighted by Gasteiger charge is -2.38. The van der Waals surface area contributed by atoms with Gasteiger partial charge in [-0.15, -0.1) is 0 Å². The first kappa shape index (κ1) is 21.4. The molecule has 0 radical (unpaired) electrons. The Morgan fingerprint density at radius 1 is 0.939 bits per heavy atom. The lowest BCUT2D eigenvalue weighted by Crippen LogP contribution is -2.40. The molecule has 0 bridgehead atoms. The molecular weight excluding hydrogens is 456 g/mol. The number of hydrogen-bond acceptors (Lipinski definition) is 8. The van der Waals surface area contributed by atoms with Crippen molar-refractivity contribution < 1.29 is 4.74 Å². The van der Waals surface area contributed by atoms with Gasteiger partial charge in [0.15, 0.2) is 5.65 Å². The summed E-state index contributed by atoms with van der Waals surface area (Å²) in [6, 6.07) is 5.96. The second-order valence-electron chi connectivity index (χ2n) is 9.25. The minimum absolute atomic E-state index is 0.386. The van der Waals surface area contributed by atoms with Crippen LogP contribution in [0.25, 0.3) is 11.2 Å². The van der Waals surface area contributed by atoms with Crippen molar-refractivity contribution in [1.29, 1.82) is 0 Å². The zero-order valence-corrected chi connectivity index (χ0v) is 20.1. The molecule has 172 valence electrons. The number of halogens is 1. The average Bonchev–Trinajstić information content (AvgIpc) is 3.54. The average molecular weight is 483 g/mol. The van der Waals surface area contributed by atoms with Gasteiger partial charge in [0.1, 0.15) is 22.2 Å². The number of rotatable bonds is 4. The highest BCUT2D eigenvalue weighted by molar-refractivity contribution is 7.99. The van der Waals surface area contributed by atoms with E-state index in [1.54, 1.807) is 11.8 Å². The number of ether oxygens (including phenoxy) is 1. The SMILES string of the molecule is Clc1c(Sc2ccc3nc(N4CCC5(CCOC5)CC4)cnc3n2)ccnc1N1CCCC1. The molecule has 3 fully saturated rings. The van der Waals surface area contributed by atoms with Gasteiger partial charge in [-0.3, -0.25) is 0 Å². The van der Waals surface area contributed by atoms with Crippen molar-refractivity contribution in [3.8, 4) is 0 Å². The molecule has 6 heterocycles. The van der Waals surface area contributed by atoms with E-state index in [2.05, 4.69) is 19.8 Å². The monoisotopic (exact) mass is 482 g/mol. The molecule has 0 amide bonds. The lowest BCUT2D eigenvalue weighted by molar-refractivity contribution is 0.133. The molecule has 7 nitrogen and oxygen atoms in total. The number of pyridine rings is 2. The van der Waals surface area contributed by atoms with E-state index in [1.807, 2.05) is 30.6 Å². The number of fused-ring (bicyclic) bond motifs is 1. The van der Waals surface area contributed by atoms with Crippen LogP contribution < -0.4 is 9.80 Å². The number of anilines is 2. The maximum atomic E-state index is 6.71. The van der Waals surface area contributed by atoms with Gasteiger partial charge in [-0.2, -0.15) is 0 Å². The third kappa shape index (κ3) is 4.24. The zero-order valence-electron chi connectivity index (χ0n) is 18.5. The third-order valence-electron chi connectivity index (χ3n) is 7.15. The molecule has 3 saturated heterocycles. The summed E-state index contributed by atoms with van der Waals surface area (Å²) >= 11 is 8.26. The van der Waals surface area contributed by atoms with E-state index >= 15 is 0 Å². The summed E-state index contributed by atoms with van der Waals surface area (Å²) in [5.74, 6) is 1.81. The number of hydrogen-bond donors (Lipinski definition) is 0. The summed E-state index contributed by atoms with van der Waals surface area (Å²) in [5.41, 5.74) is 1.86. The largest absolute Gasteiger partial charge is 0.381 e. The van der Waals surface area contributed by atoms with Gasteiger partial charge in [0, 0.05) is 43.9 Å². The Balaban J connectivity index is 1.19. The van der Waals surface area contributed by atoms with E-state index in [0.717, 1.165) is 79.3 Å². The van der Waals surface area contributed by atoms with E-state index in [1.165, 1.54) is 19.3 Å². The molecule has 1 spiro atoms. The first-order valence-corrected chi connectivity index (χ1v) is 12.9. The third-order valence-corrected chi connectivity index (χ3v) is 8.64. The second kappa shape index (κ2) is 8.89. The van der Waals surface area contributed by atoms with Gasteiger partial charge >= 0.3 is 0 Å². The summed E-state index contributed by atoms with van der Waals surface area (Å²) in [5, 5.41) is 1.55. The maximum Gasteiger partial charge on any atom is 0.179 e. The Morgan fingerprint density at radius 3 is 2.58 bits per heavy atom. The van der Waals surface area contributed by atoms with Gasteiger partial charge in [0.05, 0.1) is 17.8 Å². The van der Waals surface area contributed by atoms with Crippen LogP contribution in [0.2, 0.25) is 5.02 Å². The van der Waals surface area contributed by atoms with E-state index < -0.39 is 0 Å². The van der Waals surface area contributed by atoms with Gasteiger partial charge in [0.25, 0.3) is 0 Å². The van der Waals surface area contributed by atoms with E-state index in [-0.39, 0.29) is 0 Å². The van der Waals surface area contributed by atoms with Gasteiger partial charge in [-0.1, -0.05) is 23.4 Å². The van der Waals surface area contributed by atoms with E-state index in [0.29, 0.717) is 16.1 Å². The van der Waals surface area contributed by atoms with Crippen LogP contribution >= 0.6 is 23.4 Å². The Morgan fingerprint density at radius 2 is 1.79 bits per heavy atom. The number of aromatic nitrogens is 4. The summed E-state index contributed by atoms with van der Waals surface area (Å²) in [7, 11) is 0. The van der Waals surface area contributed by atoms with Crippen molar-refractivity contribution in [3.05, 3.63) is 35.6 Å². The van der Waals surface area contributed by atoms with Gasteiger partial charge in [-0.05, 0) is 55.7 Å². The van der Waals surface area contributed by atoms with Crippen LogP contribution in [0, 0.1) is 5.41 Å². The molecule has 3 aromatic rings. The Labute approximate surface area is 202 Å². The van der Waals surface area contributed by atoms with Crippen molar-refractivity contribution in [2.24, 2.45) is 5.41 Å². The van der Waals surface area contributed by atoms with Gasteiger partial charge < -0.3 is 14.5 Å². The standard InChI is InChI=1S/C24H27ClN6OS/c25-21-18(5-9-26-23(21)31-10-1-2-11-31)33-20-4-3-17-22(29-20)27-15-19(28-17)30-12-6-24(7-13-30)8-14-32-16-24/h3-5,9,15H,1-2,6-8,10-14,16H2. The first-order valence-electron chi connectivity index (χ1n) is 11.7. The van der Waals surface area contributed by atoms with Crippen LogP contribution in [0.1, 0.15) is 32.1 Å². The normalized spacial score (nSPS) is 20.3. The van der Waals surface area contributed by atoms with Crippen molar-refractivity contribution in [1.82, 2.24) is 19.9 Å². The molecule has 0 aliphatic carbocycles.